The van der Waals surface area contributed by atoms with Crippen LogP contribution >= 0.6 is 0 Å². The van der Waals surface area contributed by atoms with Crippen LogP contribution in [0.1, 0.15) is 44.6 Å². The zero-order valence-electron chi connectivity index (χ0n) is 14.8. The van der Waals surface area contributed by atoms with Gasteiger partial charge < -0.3 is 15.0 Å². The molecule has 1 aliphatic rings. The fourth-order valence-electron chi connectivity index (χ4n) is 3.46. The summed E-state index contributed by atoms with van der Waals surface area (Å²) in [5.74, 6) is -0.00780. The number of aromatic nitrogens is 2. The zero-order chi connectivity index (χ0) is 18.0. The van der Waals surface area contributed by atoms with Crippen LogP contribution in [-0.2, 0) is 11.2 Å². The minimum absolute atomic E-state index is 0.0462. The summed E-state index contributed by atoms with van der Waals surface area (Å²) in [6.45, 7) is 6.23. The van der Waals surface area contributed by atoms with Gasteiger partial charge in [-0.25, -0.2) is 0 Å². The highest BCUT2D eigenvalue weighted by molar-refractivity contribution is 6.02. The number of hydrogen-bond donors (Lipinski definition) is 2. The van der Waals surface area contributed by atoms with Gasteiger partial charge in [0.25, 0.3) is 5.91 Å². The molecule has 2 N–H and O–H groups in total. The number of rotatable bonds is 5. The number of ether oxygens (including phenoxy) is 1. The van der Waals surface area contributed by atoms with E-state index >= 15 is 0 Å². The van der Waals surface area contributed by atoms with Gasteiger partial charge in [-0.05, 0) is 43.5 Å². The molecule has 3 heterocycles. The van der Waals surface area contributed by atoms with Gasteiger partial charge in [0, 0.05) is 30.9 Å². The van der Waals surface area contributed by atoms with Crippen molar-refractivity contribution in [2.24, 2.45) is 5.92 Å². The van der Waals surface area contributed by atoms with Crippen molar-refractivity contribution in [2.45, 2.75) is 33.2 Å². The number of hydrogen-bond acceptors (Lipinski definition) is 4. The predicted octanol–water partition coefficient (Wildman–Crippen LogP) is 2.22. The molecule has 1 amide bonds. The predicted molar refractivity (Wildman–Crippen MR) is 93.8 cm³/mol. The molecule has 2 atom stereocenters. The summed E-state index contributed by atoms with van der Waals surface area (Å²) in [5.41, 5.74) is 3.65. The first-order valence-electron chi connectivity index (χ1n) is 8.45. The lowest BCUT2D eigenvalue weighted by molar-refractivity contribution is 0.0924. The van der Waals surface area contributed by atoms with Crippen LogP contribution in [0, 0.1) is 19.8 Å². The molecule has 0 saturated carbocycles. The molecule has 0 aliphatic carbocycles. The van der Waals surface area contributed by atoms with E-state index in [2.05, 4.69) is 15.3 Å². The molecule has 1 fully saturated rings. The van der Waals surface area contributed by atoms with Gasteiger partial charge in [-0.3, -0.25) is 14.6 Å². The number of nitrogens with zero attached hydrogens (tertiary/aromatic N) is 1. The zero-order valence-corrected chi connectivity index (χ0v) is 14.8. The molecule has 3 rings (SSSR count). The maximum atomic E-state index is 12.8. The largest absolute Gasteiger partial charge is 0.379 e. The Kier molecular flexibility index (Phi) is 4.99. The fraction of sp³-hybridized carbons (Fsp3) is 0.421. The molecule has 0 unspecified atom stereocenters. The van der Waals surface area contributed by atoms with Crippen molar-refractivity contribution in [3.8, 4) is 0 Å². The van der Waals surface area contributed by atoms with Crippen LogP contribution in [0.5, 0.6) is 0 Å². The molecular formula is C19H23N3O3. The molecule has 2 aromatic rings. The number of nitrogens with one attached hydrogen (secondary N) is 2. The van der Waals surface area contributed by atoms with E-state index in [0.717, 1.165) is 6.42 Å². The Labute approximate surface area is 147 Å². The summed E-state index contributed by atoms with van der Waals surface area (Å²) in [5, 5.41) is 3.09. The second-order valence-corrected chi connectivity index (χ2v) is 6.62. The van der Waals surface area contributed by atoms with Crippen LogP contribution in [0.3, 0.4) is 0 Å². The van der Waals surface area contributed by atoms with Crippen molar-refractivity contribution < 1.29 is 14.3 Å². The van der Waals surface area contributed by atoms with Crippen LogP contribution < -0.4 is 5.32 Å². The van der Waals surface area contributed by atoms with E-state index in [9.17, 15) is 9.59 Å². The fourth-order valence-corrected chi connectivity index (χ4v) is 3.46. The number of carbonyl (C=O) groups is 2. The van der Waals surface area contributed by atoms with Crippen LogP contribution in [-0.4, -0.2) is 40.9 Å². The number of aryl methyl sites for hydroxylation is 1. The molecule has 25 heavy (non-hydrogen) atoms. The molecule has 1 saturated heterocycles. The van der Waals surface area contributed by atoms with E-state index < -0.39 is 0 Å². The Morgan fingerprint density at radius 1 is 1.28 bits per heavy atom. The van der Waals surface area contributed by atoms with E-state index in [0.29, 0.717) is 35.7 Å². The summed E-state index contributed by atoms with van der Waals surface area (Å²) < 4.78 is 5.59. The highest BCUT2D eigenvalue weighted by Crippen LogP contribution is 2.22. The lowest BCUT2D eigenvalue weighted by atomic mass is 9.95. The van der Waals surface area contributed by atoms with Gasteiger partial charge in [-0.15, -0.1) is 0 Å². The van der Waals surface area contributed by atoms with Gasteiger partial charge in [0.15, 0.2) is 5.78 Å². The van der Waals surface area contributed by atoms with Gasteiger partial charge in [0.05, 0.1) is 30.5 Å². The van der Waals surface area contributed by atoms with Crippen molar-refractivity contribution in [1.29, 1.82) is 0 Å². The Hall–Kier alpha value is -2.47. The molecular weight excluding hydrogens is 318 g/mol. The smallest absolute Gasteiger partial charge is 0.253 e. The highest BCUT2D eigenvalue weighted by atomic mass is 16.5. The minimum atomic E-state index is -0.158. The summed E-state index contributed by atoms with van der Waals surface area (Å²) >= 11 is 0. The van der Waals surface area contributed by atoms with Gasteiger partial charge >= 0.3 is 0 Å². The van der Waals surface area contributed by atoms with Crippen molar-refractivity contribution in [1.82, 2.24) is 15.3 Å². The number of aromatic amines is 1. The van der Waals surface area contributed by atoms with E-state index in [4.69, 9.17) is 4.74 Å². The quantitative estimate of drug-likeness (QED) is 0.817. The van der Waals surface area contributed by atoms with Gasteiger partial charge in [0.2, 0.25) is 0 Å². The average Bonchev–Trinajstić information content (AvgIpc) is 3.12. The van der Waals surface area contributed by atoms with Crippen LogP contribution in [0.25, 0.3) is 0 Å². The molecule has 6 nitrogen and oxygen atoms in total. The number of amides is 1. The summed E-state index contributed by atoms with van der Waals surface area (Å²) in [6, 6.07) is 3.92. The Morgan fingerprint density at radius 2 is 2.00 bits per heavy atom. The Morgan fingerprint density at radius 3 is 2.64 bits per heavy atom. The second kappa shape index (κ2) is 7.19. The number of ketones is 1. The third-order valence-electron chi connectivity index (χ3n) is 4.78. The van der Waals surface area contributed by atoms with E-state index in [1.807, 2.05) is 19.1 Å². The monoisotopic (exact) mass is 341 g/mol. The van der Waals surface area contributed by atoms with Crippen molar-refractivity contribution in [3.63, 3.8) is 0 Å². The maximum absolute atomic E-state index is 12.8. The van der Waals surface area contributed by atoms with Gasteiger partial charge in [0.1, 0.15) is 0 Å². The number of Topliss-reactive ketones (excluding diaryl/α,β-unsaturated/α-hetero) is 1. The first-order valence-corrected chi connectivity index (χ1v) is 8.45. The molecule has 2 aromatic heterocycles. The van der Waals surface area contributed by atoms with Crippen molar-refractivity contribution >= 4 is 11.7 Å². The normalized spacial score (nSPS) is 19.8. The average molecular weight is 341 g/mol. The second-order valence-electron chi connectivity index (χ2n) is 6.62. The molecule has 0 bridgehead atoms. The SMILES string of the molecule is CC(=O)c1[nH]c(C)c(C(=O)N[C@@H]2COC[C@H]2Cc2ccncc2)c1C. The van der Waals surface area contributed by atoms with E-state index in [1.165, 1.54) is 12.5 Å². The number of carbonyl (C=O) groups excluding carboxylic acids is 2. The Bertz CT molecular complexity index is 783. The Balaban J connectivity index is 1.73. The van der Waals surface area contributed by atoms with Crippen LogP contribution in [0.4, 0.5) is 0 Å². The molecule has 0 aromatic carbocycles. The summed E-state index contributed by atoms with van der Waals surface area (Å²) in [6.07, 6.45) is 4.38. The molecule has 132 valence electrons. The van der Waals surface area contributed by atoms with E-state index in [1.54, 1.807) is 19.3 Å². The third-order valence-corrected chi connectivity index (χ3v) is 4.78. The molecule has 0 radical (unpaired) electrons. The minimum Gasteiger partial charge on any atom is -0.379 e. The lowest BCUT2D eigenvalue weighted by Crippen LogP contribution is -2.41. The van der Waals surface area contributed by atoms with Gasteiger partial charge in [-0.1, -0.05) is 0 Å². The number of H-pyrrole nitrogens is 1. The molecule has 6 heteroatoms. The molecule has 0 spiro atoms. The topological polar surface area (TPSA) is 84.1 Å². The third kappa shape index (κ3) is 3.64. The van der Waals surface area contributed by atoms with Crippen LogP contribution in [0.2, 0.25) is 0 Å². The maximum Gasteiger partial charge on any atom is 0.253 e. The van der Waals surface area contributed by atoms with Crippen molar-refractivity contribution in [2.75, 3.05) is 13.2 Å². The first-order chi connectivity index (χ1) is 12.0. The summed E-state index contributed by atoms with van der Waals surface area (Å²) in [4.78, 5) is 31.5. The van der Waals surface area contributed by atoms with Gasteiger partial charge in [-0.2, -0.15) is 0 Å². The van der Waals surface area contributed by atoms with E-state index in [-0.39, 0.29) is 23.7 Å². The first kappa shape index (κ1) is 17.4. The van der Waals surface area contributed by atoms with Crippen LogP contribution in [0.15, 0.2) is 24.5 Å². The lowest BCUT2D eigenvalue weighted by Gasteiger charge is -2.19. The highest BCUT2D eigenvalue weighted by Gasteiger charge is 2.31. The van der Waals surface area contributed by atoms with Crippen molar-refractivity contribution in [3.05, 3.63) is 52.6 Å². The molecule has 1 aliphatic heterocycles. The standard InChI is InChI=1S/C19H23N3O3/c1-11-17(12(2)21-18(11)13(3)23)19(24)22-16-10-25-9-15(16)8-14-4-6-20-7-5-14/h4-7,15-16,21H,8-10H2,1-3H3,(H,22,24)/t15-,16-/m1/s1. The summed E-state index contributed by atoms with van der Waals surface area (Å²) in [7, 11) is 0. The number of pyridine rings is 1.